The monoisotopic (exact) mass is 238 g/mol. The molecule has 1 aliphatic rings. The van der Waals surface area contributed by atoms with E-state index in [4.69, 9.17) is 0 Å². The van der Waals surface area contributed by atoms with E-state index in [9.17, 15) is 0 Å². The van der Waals surface area contributed by atoms with Gasteiger partial charge in [-0.2, -0.15) is 0 Å². The van der Waals surface area contributed by atoms with E-state index in [1.165, 1.54) is 5.69 Å². The lowest BCUT2D eigenvalue weighted by Crippen LogP contribution is -2.26. The summed E-state index contributed by atoms with van der Waals surface area (Å²) in [6, 6.07) is 2.04. The molecule has 0 aromatic carbocycles. The summed E-state index contributed by atoms with van der Waals surface area (Å²) in [5.41, 5.74) is 1.24. The Kier molecular flexibility index (Phi) is 2.64. The van der Waals surface area contributed by atoms with Gasteiger partial charge in [0.05, 0.1) is 10.2 Å². The Morgan fingerprint density at radius 2 is 2.31 bits per heavy atom. The Morgan fingerprint density at radius 1 is 1.38 bits per heavy atom. The van der Waals surface area contributed by atoms with Crippen LogP contribution >= 0.6 is 15.9 Å². The summed E-state index contributed by atoms with van der Waals surface area (Å²) in [5, 5.41) is 0. The first kappa shape index (κ1) is 8.75. The van der Waals surface area contributed by atoms with Gasteiger partial charge in [0.25, 0.3) is 0 Å². The van der Waals surface area contributed by atoms with Gasteiger partial charge in [0, 0.05) is 25.5 Å². The fraction of sp³-hybridized carbons (Fsp3) is 0.300. The average Bonchev–Trinajstić information content (AvgIpc) is 2.20. The fourth-order valence-electron chi connectivity index (χ4n) is 1.48. The van der Waals surface area contributed by atoms with Crippen molar-refractivity contribution in [2.45, 2.75) is 6.42 Å². The SMILES string of the molecule is Brc1cnccc1N1CC=CCC1. The number of nitrogens with zero attached hydrogens (tertiary/aromatic N) is 2. The van der Waals surface area contributed by atoms with Crippen LogP contribution in [-0.2, 0) is 0 Å². The third kappa shape index (κ3) is 1.91. The molecule has 0 N–H and O–H groups in total. The van der Waals surface area contributed by atoms with Crippen molar-refractivity contribution in [3.05, 3.63) is 35.1 Å². The van der Waals surface area contributed by atoms with Gasteiger partial charge < -0.3 is 4.90 Å². The van der Waals surface area contributed by atoms with E-state index in [1.54, 1.807) is 0 Å². The van der Waals surface area contributed by atoms with Crippen molar-refractivity contribution >= 4 is 21.6 Å². The Balaban J connectivity index is 2.24. The molecule has 1 aromatic heterocycles. The smallest absolute Gasteiger partial charge is 0.0592 e. The van der Waals surface area contributed by atoms with Gasteiger partial charge in [-0.3, -0.25) is 4.98 Å². The van der Waals surface area contributed by atoms with Crippen LogP contribution in [0.15, 0.2) is 35.1 Å². The Bertz CT molecular complexity index is 322. The molecule has 0 bridgehead atoms. The van der Waals surface area contributed by atoms with E-state index < -0.39 is 0 Å². The molecule has 0 unspecified atom stereocenters. The summed E-state index contributed by atoms with van der Waals surface area (Å²) >= 11 is 3.50. The van der Waals surface area contributed by atoms with E-state index in [0.717, 1.165) is 24.0 Å². The molecule has 2 heterocycles. The van der Waals surface area contributed by atoms with Crippen LogP contribution < -0.4 is 4.90 Å². The lowest BCUT2D eigenvalue weighted by Gasteiger charge is -2.26. The molecule has 0 atom stereocenters. The van der Waals surface area contributed by atoms with Gasteiger partial charge in [0.15, 0.2) is 0 Å². The topological polar surface area (TPSA) is 16.1 Å². The fourth-order valence-corrected chi connectivity index (χ4v) is 1.99. The number of pyridine rings is 1. The van der Waals surface area contributed by atoms with E-state index in [0.29, 0.717) is 0 Å². The molecule has 0 aliphatic carbocycles. The molecule has 0 amide bonds. The first-order valence-electron chi connectivity index (χ1n) is 4.37. The van der Waals surface area contributed by atoms with Gasteiger partial charge >= 0.3 is 0 Å². The van der Waals surface area contributed by atoms with Crippen molar-refractivity contribution in [1.82, 2.24) is 4.98 Å². The second-order valence-corrected chi connectivity index (χ2v) is 3.89. The van der Waals surface area contributed by atoms with Crippen LogP contribution in [0.5, 0.6) is 0 Å². The molecule has 0 radical (unpaired) electrons. The van der Waals surface area contributed by atoms with Crippen molar-refractivity contribution < 1.29 is 0 Å². The molecule has 2 nitrogen and oxygen atoms in total. The highest BCUT2D eigenvalue weighted by Gasteiger charge is 2.09. The van der Waals surface area contributed by atoms with Crippen LogP contribution in [0.2, 0.25) is 0 Å². The minimum Gasteiger partial charge on any atom is -0.366 e. The zero-order valence-electron chi connectivity index (χ0n) is 7.28. The van der Waals surface area contributed by atoms with E-state index in [2.05, 4.69) is 38.0 Å². The molecule has 0 saturated heterocycles. The molecule has 2 rings (SSSR count). The Hall–Kier alpha value is -0.830. The van der Waals surface area contributed by atoms with Crippen molar-refractivity contribution in [3.8, 4) is 0 Å². The zero-order valence-corrected chi connectivity index (χ0v) is 8.87. The van der Waals surface area contributed by atoms with E-state index >= 15 is 0 Å². The van der Waals surface area contributed by atoms with Gasteiger partial charge in [-0.1, -0.05) is 12.2 Å². The van der Waals surface area contributed by atoms with Crippen LogP contribution in [0.3, 0.4) is 0 Å². The van der Waals surface area contributed by atoms with Gasteiger partial charge in [-0.05, 0) is 28.4 Å². The molecule has 3 heteroatoms. The van der Waals surface area contributed by atoms with Crippen LogP contribution in [0.4, 0.5) is 5.69 Å². The van der Waals surface area contributed by atoms with Gasteiger partial charge in [0.2, 0.25) is 0 Å². The van der Waals surface area contributed by atoms with Crippen LogP contribution in [0.1, 0.15) is 6.42 Å². The quantitative estimate of drug-likeness (QED) is 0.700. The molecule has 1 aromatic rings. The highest BCUT2D eigenvalue weighted by Crippen LogP contribution is 2.25. The predicted molar refractivity (Wildman–Crippen MR) is 57.9 cm³/mol. The highest BCUT2D eigenvalue weighted by atomic mass is 79.9. The molecule has 0 spiro atoms. The number of halogens is 1. The minimum atomic E-state index is 1.00. The molecule has 1 aliphatic heterocycles. The predicted octanol–water partition coefficient (Wildman–Crippen LogP) is 2.61. The summed E-state index contributed by atoms with van der Waals surface area (Å²) in [7, 11) is 0. The van der Waals surface area contributed by atoms with Crippen molar-refractivity contribution in [2.24, 2.45) is 0 Å². The van der Waals surface area contributed by atoms with Crippen LogP contribution in [-0.4, -0.2) is 18.1 Å². The van der Waals surface area contributed by atoms with Crippen molar-refractivity contribution in [1.29, 1.82) is 0 Å². The summed E-state index contributed by atoms with van der Waals surface area (Å²) < 4.78 is 1.07. The lowest BCUT2D eigenvalue weighted by atomic mass is 10.2. The number of anilines is 1. The molecule has 0 saturated carbocycles. The maximum Gasteiger partial charge on any atom is 0.0592 e. The molecule has 13 heavy (non-hydrogen) atoms. The van der Waals surface area contributed by atoms with Gasteiger partial charge in [-0.15, -0.1) is 0 Å². The van der Waals surface area contributed by atoms with Crippen LogP contribution in [0.25, 0.3) is 0 Å². The molecule has 68 valence electrons. The van der Waals surface area contributed by atoms with Crippen molar-refractivity contribution in [3.63, 3.8) is 0 Å². The third-order valence-corrected chi connectivity index (χ3v) is 2.76. The lowest BCUT2D eigenvalue weighted by molar-refractivity contribution is 0.818. The maximum atomic E-state index is 4.05. The number of hydrogen-bond acceptors (Lipinski definition) is 2. The van der Waals surface area contributed by atoms with Gasteiger partial charge in [0.1, 0.15) is 0 Å². The zero-order chi connectivity index (χ0) is 9.10. The second kappa shape index (κ2) is 3.92. The van der Waals surface area contributed by atoms with E-state index in [-0.39, 0.29) is 0 Å². The van der Waals surface area contributed by atoms with E-state index in [1.807, 2.05) is 18.5 Å². The molecular formula is C10H11BrN2. The van der Waals surface area contributed by atoms with Crippen molar-refractivity contribution in [2.75, 3.05) is 18.0 Å². The summed E-state index contributed by atoms with van der Waals surface area (Å²) in [4.78, 5) is 6.39. The third-order valence-electron chi connectivity index (χ3n) is 2.15. The molecule has 0 fully saturated rings. The maximum absolute atomic E-state index is 4.05. The second-order valence-electron chi connectivity index (χ2n) is 3.03. The Labute approximate surface area is 86.4 Å². The first-order chi connectivity index (χ1) is 6.38. The number of aromatic nitrogens is 1. The first-order valence-corrected chi connectivity index (χ1v) is 5.16. The molecular weight excluding hydrogens is 228 g/mol. The summed E-state index contributed by atoms with van der Waals surface area (Å²) in [6.07, 6.45) is 9.24. The summed E-state index contributed by atoms with van der Waals surface area (Å²) in [6.45, 7) is 2.10. The largest absolute Gasteiger partial charge is 0.366 e. The summed E-state index contributed by atoms with van der Waals surface area (Å²) in [5.74, 6) is 0. The number of hydrogen-bond donors (Lipinski definition) is 0. The number of rotatable bonds is 1. The average molecular weight is 239 g/mol. The van der Waals surface area contributed by atoms with Crippen LogP contribution in [0, 0.1) is 0 Å². The normalized spacial score (nSPS) is 16.2. The van der Waals surface area contributed by atoms with Gasteiger partial charge in [-0.25, -0.2) is 0 Å². The highest BCUT2D eigenvalue weighted by molar-refractivity contribution is 9.10. The standard InChI is InChI=1S/C10H11BrN2/c11-9-8-12-5-4-10(9)13-6-2-1-3-7-13/h1-2,4-5,8H,3,6-7H2. The Morgan fingerprint density at radius 3 is 3.00 bits per heavy atom. The minimum absolute atomic E-state index is 1.00.